The molecule has 0 radical (unpaired) electrons. The van der Waals surface area contributed by atoms with Crippen LogP contribution in [0, 0.1) is 19.8 Å². The molecule has 1 aliphatic heterocycles. The van der Waals surface area contributed by atoms with Crippen molar-refractivity contribution < 1.29 is 14.2 Å². The lowest BCUT2D eigenvalue weighted by molar-refractivity contribution is 0.262. The van der Waals surface area contributed by atoms with Crippen LogP contribution in [-0.4, -0.2) is 25.9 Å². The maximum absolute atomic E-state index is 6.22. The van der Waals surface area contributed by atoms with E-state index in [1.165, 1.54) is 56.6 Å². The molecule has 0 bridgehead atoms. The van der Waals surface area contributed by atoms with Gasteiger partial charge in [0.15, 0.2) is 0 Å². The van der Waals surface area contributed by atoms with E-state index in [9.17, 15) is 0 Å². The predicted molar refractivity (Wildman–Crippen MR) is 130 cm³/mol. The van der Waals surface area contributed by atoms with Crippen LogP contribution in [-0.2, 0) is 4.74 Å². The number of hydrogen-bond donors (Lipinski definition) is 0. The van der Waals surface area contributed by atoms with Gasteiger partial charge in [0.25, 0.3) is 0 Å². The molecule has 0 spiro atoms. The fraction of sp³-hybridized carbons (Fsp3) is 0.310. The third-order valence-electron chi connectivity index (χ3n) is 6.80. The molecule has 2 fully saturated rings. The van der Waals surface area contributed by atoms with Crippen molar-refractivity contribution in [1.82, 2.24) is 0 Å². The molecule has 3 nitrogen and oxygen atoms in total. The van der Waals surface area contributed by atoms with Gasteiger partial charge in [0.2, 0.25) is 0 Å². The Kier molecular flexibility index (Phi) is 4.80. The fourth-order valence-corrected chi connectivity index (χ4v) is 4.68. The van der Waals surface area contributed by atoms with Crippen molar-refractivity contribution >= 4 is 21.5 Å². The number of fused-ring (bicyclic) bond motifs is 2. The van der Waals surface area contributed by atoms with Gasteiger partial charge in [0.05, 0.1) is 13.2 Å². The van der Waals surface area contributed by atoms with Crippen LogP contribution in [0.4, 0.5) is 0 Å². The summed E-state index contributed by atoms with van der Waals surface area (Å²) in [6.07, 6.45) is 2.84. The first-order valence-corrected chi connectivity index (χ1v) is 11.6. The molecule has 1 saturated carbocycles. The normalized spacial score (nSPS) is 17.6. The average Bonchev–Trinajstić information content (AvgIpc) is 3.73. The van der Waals surface area contributed by atoms with Crippen LogP contribution < -0.4 is 9.47 Å². The van der Waals surface area contributed by atoms with Gasteiger partial charge >= 0.3 is 0 Å². The number of aryl methyl sites for hydroxylation is 2. The number of ether oxygens (including phenoxy) is 3. The summed E-state index contributed by atoms with van der Waals surface area (Å²) in [7, 11) is 0. The molecule has 1 atom stereocenters. The smallest absolute Gasteiger partial charge is 0.123 e. The summed E-state index contributed by atoms with van der Waals surface area (Å²) in [5, 5.41) is 4.99. The minimum atomic E-state index is 0.245. The Bertz CT molecular complexity index is 1210. The Labute approximate surface area is 188 Å². The molecule has 0 aromatic heterocycles. The monoisotopic (exact) mass is 424 g/mol. The van der Waals surface area contributed by atoms with Gasteiger partial charge in [-0.15, -0.1) is 0 Å². The molecule has 4 aromatic carbocycles. The first-order chi connectivity index (χ1) is 15.7. The molecular formula is C29H28O3. The van der Waals surface area contributed by atoms with Crippen LogP contribution in [0.3, 0.4) is 0 Å². The van der Waals surface area contributed by atoms with Crippen LogP contribution >= 0.6 is 0 Å². The minimum absolute atomic E-state index is 0.245. The summed E-state index contributed by atoms with van der Waals surface area (Å²) < 4.78 is 17.6. The number of epoxide rings is 1. The van der Waals surface area contributed by atoms with E-state index in [0.29, 0.717) is 6.61 Å². The topological polar surface area (TPSA) is 31.0 Å². The van der Waals surface area contributed by atoms with Crippen LogP contribution in [0.15, 0.2) is 60.7 Å². The Balaban J connectivity index is 1.50. The van der Waals surface area contributed by atoms with Gasteiger partial charge < -0.3 is 14.2 Å². The molecule has 6 rings (SSSR count). The molecule has 162 valence electrons. The van der Waals surface area contributed by atoms with Crippen molar-refractivity contribution in [3.8, 4) is 22.6 Å². The van der Waals surface area contributed by atoms with Crippen molar-refractivity contribution in [3.05, 3.63) is 71.8 Å². The zero-order chi connectivity index (χ0) is 21.7. The molecule has 2 aliphatic rings. The van der Waals surface area contributed by atoms with E-state index in [0.717, 1.165) is 30.6 Å². The molecule has 0 N–H and O–H groups in total. The molecule has 1 saturated heterocycles. The van der Waals surface area contributed by atoms with Gasteiger partial charge in [-0.05, 0) is 88.5 Å². The van der Waals surface area contributed by atoms with Crippen LogP contribution in [0.25, 0.3) is 32.7 Å². The van der Waals surface area contributed by atoms with E-state index >= 15 is 0 Å². The van der Waals surface area contributed by atoms with Gasteiger partial charge in [-0.2, -0.15) is 0 Å². The Morgan fingerprint density at radius 1 is 0.719 bits per heavy atom. The highest BCUT2D eigenvalue weighted by Gasteiger charge is 2.24. The first kappa shape index (κ1) is 19.6. The molecular weight excluding hydrogens is 396 g/mol. The zero-order valence-corrected chi connectivity index (χ0v) is 18.7. The molecule has 4 aromatic rings. The van der Waals surface area contributed by atoms with Gasteiger partial charge in [-0.25, -0.2) is 0 Å². The van der Waals surface area contributed by atoms with Crippen molar-refractivity contribution in [1.29, 1.82) is 0 Å². The highest BCUT2D eigenvalue weighted by atomic mass is 16.6. The Morgan fingerprint density at radius 3 is 1.75 bits per heavy atom. The van der Waals surface area contributed by atoms with E-state index in [-0.39, 0.29) is 6.10 Å². The lowest BCUT2D eigenvalue weighted by atomic mass is 9.90. The highest BCUT2D eigenvalue weighted by Crippen LogP contribution is 2.41. The van der Waals surface area contributed by atoms with Gasteiger partial charge in [0, 0.05) is 0 Å². The van der Waals surface area contributed by atoms with Crippen molar-refractivity contribution in [3.63, 3.8) is 0 Å². The Hall–Kier alpha value is -3.04. The van der Waals surface area contributed by atoms with Crippen molar-refractivity contribution in [2.75, 3.05) is 19.8 Å². The molecule has 0 amide bonds. The fourth-order valence-electron chi connectivity index (χ4n) is 4.68. The summed E-state index contributed by atoms with van der Waals surface area (Å²) in [5.74, 6) is 2.67. The van der Waals surface area contributed by atoms with Gasteiger partial charge in [0.1, 0.15) is 24.2 Å². The third kappa shape index (κ3) is 3.61. The zero-order valence-electron chi connectivity index (χ0n) is 18.7. The SMILES string of the molecule is Cc1c(OCC2CC2)ccc2cccc(-c3cccc4ccc(OCC5CO5)c(C)c34)c12. The number of rotatable bonds is 7. The molecule has 3 heteroatoms. The summed E-state index contributed by atoms with van der Waals surface area (Å²) in [5.41, 5.74) is 4.87. The van der Waals surface area contributed by atoms with Crippen LogP contribution in [0.1, 0.15) is 24.0 Å². The van der Waals surface area contributed by atoms with E-state index in [2.05, 4.69) is 74.5 Å². The van der Waals surface area contributed by atoms with Gasteiger partial charge in [-0.1, -0.05) is 48.5 Å². The second-order valence-corrected chi connectivity index (χ2v) is 9.21. The predicted octanol–water partition coefficient (Wildman–Crippen LogP) is 6.84. The summed E-state index contributed by atoms with van der Waals surface area (Å²) in [6.45, 7) is 6.60. The third-order valence-corrected chi connectivity index (χ3v) is 6.80. The molecule has 1 heterocycles. The molecule has 1 aliphatic carbocycles. The maximum atomic E-state index is 6.22. The summed E-state index contributed by atoms with van der Waals surface area (Å²) in [6, 6.07) is 21.7. The first-order valence-electron chi connectivity index (χ1n) is 11.6. The quantitative estimate of drug-likeness (QED) is 0.304. The second kappa shape index (κ2) is 7.83. The number of hydrogen-bond acceptors (Lipinski definition) is 3. The lowest BCUT2D eigenvalue weighted by Crippen LogP contribution is -2.05. The van der Waals surface area contributed by atoms with E-state index in [4.69, 9.17) is 14.2 Å². The van der Waals surface area contributed by atoms with Crippen LogP contribution in [0.5, 0.6) is 11.5 Å². The molecule has 1 unspecified atom stereocenters. The summed E-state index contributed by atoms with van der Waals surface area (Å²) >= 11 is 0. The lowest BCUT2D eigenvalue weighted by Gasteiger charge is -2.17. The molecule has 32 heavy (non-hydrogen) atoms. The van der Waals surface area contributed by atoms with Gasteiger partial charge in [-0.3, -0.25) is 0 Å². The average molecular weight is 425 g/mol. The van der Waals surface area contributed by atoms with E-state index < -0.39 is 0 Å². The van der Waals surface area contributed by atoms with Crippen molar-refractivity contribution in [2.24, 2.45) is 5.92 Å². The minimum Gasteiger partial charge on any atom is -0.493 e. The van der Waals surface area contributed by atoms with E-state index in [1.807, 2.05) is 0 Å². The standard InChI is InChI=1S/C29H28O3/c1-18-26(31-15-20-9-10-20)13-11-21-5-3-7-24(28(18)21)25-8-4-6-22-12-14-27(19(2)29(22)25)32-17-23-16-30-23/h3-8,11-14,20,23H,9-10,15-17H2,1-2H3. The maximum Gasteiger partial charge on any atom is 0.123 e. The summed E-state index contributed by atoms with van der Waals surface area (Å²) in [4.78, 5) is 0. The Morgan fingerprint density at radius 2 is 1.25 bits per heavy atom. The van der Waals surface area contributed by atoms with E-state index in [1.54, 1.807) is 0 Å². The van der Waals surface area contributed by atoms with Crippen molar-refractivity contribution in [2.45, 2.75) is 32.8 Å². The second-order valence-electron chi connectivity index (χ2n) is 9.21. The number of benzene rings is 4. The largest absolute Gasteiger partial charge is 0.493 e. The van der Waals surface area contributed by atoms with Crippen LogP contribution in [0.2, 0.25) is 0 Å². The highest BCUT2D eigenvalue weighted by molar-refractivity contribution is 6.08.